The molecule has 98 valence electrons. The summed E-state index contributed by atoms with van der Waals surface area (Å²) in [5, 5.41) is 0. The van der Waals surface area contributed by atoms with Crippen LogP contribution in [0.25, 0.3) is 11.1 Å². The Hall–Kier alpha value is -2.36. The predicted octanol–water partition coefficient (Wildman–Crippen LogP) is 3.01. The Morgan fingerprint density at radius 2 is 1.89 bits per heavy atom. The summed E-state index contributed by atoms with van der Waals surface area (Å²) in [6.45, 7) is 3.29. The van der Waals surface area contributed by atoms with E-state index in [1.54, 1.807) is 26.2 Å². The second-order valence-corrected chi connectivity index (χ2v) is 4.32. The lowest BCUT2D eigenvalue weighted by molar-refractivity contribution is 0.101. The number of methoxy groups -OCH3 is 1. The van der Waals surface area contributed by atoms with E-state index < -0.39 is 0 Å². The van der Waals surface area contributed by atoms with Crippen LogP contribution in [-0.4, -0.2) is 24.2 Å². The molecular weight excluding hydrogens is 242 g/mol. The Morgan fingerprint density at radius 1 is 1.26 bits per heavy atom. The van der Waals surface area contributed by atoms with Gasteiger partial charge in [0, 0.05) is 16.8 Å². The Kier molecular flexibility index (Phi) is 3.51. The molecule has 2 aromatic rings. The molecular formula is C15H15NO3. The van der Waals surface area contributed by atoms with Gasteiger partial charge in [-0.05, 0) is 31.5 Å². The predicted molar refractivity (Wildman–Crippen MR) is 72.9 cm³/mol. The summed E-state index contributed by atoms with van der Waals surface area (Å²) in [7, 11) is 1.59. The van der Waals surface area contributed by atoms with Crippen LogP contribution in [0.2, 0.25) is 0 Å². The van der Waals surface area contributed by atoms with Crippen molar-refractivity contribution in [2.45, 2.75) is 13.8 Å². The number of aryl methyl sites for hydroxylation is 1. The normalized spacial score (nSPS) is 10.3. The van der Waals surface area contributed by atoms with Crippen molar-refractivity contribution in [2.24, 2.45) is 0 Å². The zero-order valence-electron chi connectivity index (χ0n) is 11.1. The summed E-state index contributed by atoms with van der Waals surface area (Å²) in [6, 6.07) is 7.27. The smallest absolute Gasteiger partial charge is 0.166 e. The van der Waals surface area contributed by atoms with Gasteiger partial charge in [-0.2, -0.15) is 0 Å². The van der Waals surface area contributed by atoms with Gasteiger partial charge in [-0.3, -0.25) is 9.59 Å². The van der Waals surface area contributed by atoms with Crippen molar-refractivity contribution in [2.75, 3.05) is 7.11 Å². The van der Waals surface area contributed by atoms with Gasteiger partial charge in [0.05, 0.1) is 12.8 Å². The van der Waals surface area contributed by atoms with E-state index in [0.29, 0.717) is 22.5 Å². The molecule has 1 aromatic carbocycles. The summed E-state index contributed by atoms with van der Waals surface area (Å²) in [4.78, 5) is 25.8. The van der Waals surface area contributed by atoms with Gasteiger partial charge in [0.25, 0.3) is 0 Å². The van der Waals surface area contributed by atoms with Crippen molar-refractivity contribution < 1.29 is 14.3 Å². The number of H-pyrrole nitrogens is 1. The maximum Gasteiger partial charge on any atom is 0.166 e. The van der Waals surface area contributed by atoms with Crippen LogP contribution in [0.4, 0.5) is 0 Å². The molecule has 19 heavy (non-hydrogen) atoms. The Morgan fingerprint density at radius 3 is 2.37 bits per heavy atom. The van der Waals surface area contributed by atoms with Crippen LogP contribution in [0, 0.1) is 6.92 Å². The number of rotatable bonds is 4. The number of benzene rings is 1. The lowest BCUT2D eigenvalue weighted by Crippen LogP contribution is -1.96. The molecule has 0 aliphatic heterocycles. The van der Waals surface area contributed by atoms with Gasteiger partial charge >= 0.3 is 0 Å². The Bertz CT molecular complexity index is 624. The van der Waals surface area contributed by atoms with Crippen molar-refractivity contribution in [3.8, 4) is 16.9 Å². The Balaban J connectivity index is 2.64. The topological polar surface area (TPSA) is 59.2 Å². The molecule has 0 amide bonds. The number of aldehydes is 1. The van der Waals surface area contributed by atoms with Crippen LogP contribution in [0.5, 0.6) is 5.75 Å². The quantitative estimate of drug-likeness (QED) is 0.676. The van der Waals surface area contributed by atoms with E-state index in [9.17, 15) is 9.59 Å². The molecule has 2 rings (SSSR count). The zero-order chi connectivity index (χ0) is 14.0. The van der Waals surface area contributed by atoms with Crippen LogP contribution in [-0.2, 0) is 0 Å². The number of hydrogen-bond donors (Lipinski definition) is 1. The molecule has 4 heteroatoms. The number of carbonyl (C=O) groups is 2. The molecule has 1 aromatic heterocycles. The van der Waals surface area contributed by atoms with E-state index in [0.717, 1.165) is 17.6 Å². The molecule has 4 nitrogen and oxygen atoms in total. The third-order valence-electron chi connectivity index (χ3n) is 3.07. The average molecular weight is 257 g/mol. The molecule has 0 spiro atoms. The zero-order valence-corrected chi connectivity index (χ0v) is 11.1. The molecule has 0 aliphatic carbocycles. The second-order valence-electron chi connectivity index (χ2n) is 4.32. The molecule has 1 heterocycles. The SMILES string of the molecule is COc1ccc(-c2c(C=O)[nH]c(C)c2C(C)=O)cc1. The highest BCUT2D eigenvalue weighted by atomic mass is 16.5. The highest BCUT2D eigenvalue weighted by Crippen LogP contribution is 2.31. The van der Waals surface area contributed by atoms with E-state index >= 15 is 0 Å². The fourth-order valence-corrected chi connectivity index (χ4v) is 2.24. The standard InChI is InChI=1S/C15H15NO3/c1-9-14(10(2)18)15(13(8-17)16-9)11-4-6-12(19-3)7-5-11/h4-8,16H,1-3H3. The van der Waals surface area contributed by atoms with Crippen molar-refractivity contribution in [3.63, 3.8) is 0 Å². The minimum absolute atomic E-state index is 0.0623. The first-order valence-corrected chi connectivity index (χ1v) is 5.91. The number of nitrogens with one attached hydrogen (secondary N) is 1. The van der Waals surface area contributed by atoms with Gasteiger partial charge in [-0.25, -0.2) is 0 Å². The molecule has 0 saturated heterocycles. The molecule has 1 N–H and O–H groups in total. The lowest BCUT2D eigenvalue weighted by Gasteiger charge is -2.05. The highest BCUT2D eigenvalue weighted by molar-refractivity contribution is 6.06. The van der Waals surface area contributed by atoms with Gasteiger partial charge in [0.1, 0.15) is 5.75 Å². The summed E-state index contributed by atoms with van der Waals surface area (Å²) in [5.41, 5.74) is 3.17. The first-order chi connectivity index (χ1) is 9.08. The fourth-order valence-electron chi connectivity index (χ4n) is 2.24. The minimum Gasteiger partial charge on any atom is -0.497 e. The third kappa shape index (κ3) is 2.29. The summed E-state index contributed by atoms with van der Waals surface area (Å²) in [6.07, 6.45) is 0.735. The monoisotopic (exact) mass is 257 g/mol. The van der Waals surface area contributed by atoms with E-state index in [-0.39, 0.29) is 5.78 Å². The number of aromatic nitrogens is 1. The molecule has 0 unspecified atom stereocenters. The van der Waals surface area contributed by atoms with Crippen molar-refractivity contribution in [3.05, 3.63) is 41.2 Å². The van der Waals surface area contributed by atoms with E-state index in [1.807, 2.05) is 12.1 Å². The van der Waals surface area contributed by atoms with Crippen LogP contribution in [0.3, 0.4) is 0 Å². The molecule has 0 atom stereocenters. The van der Waals surface area contributed by atoms with Crippen molar-refractivity contribution in [1.82, 2.24) is 4.98 Å². The molecule has 0 aliphatic rings. The largest absolute Gasteiger partial charge is 0.497 e. The maximum atomic E-state index is 11.8. The average Bonchev–Trinajstić information content (AvgIpc) is 2.75. The van der Waals surface area contributed by atoms with E-state index in [4.69, 9.17) is 4.74 Å². The number of ether oxygens (including phenoxy) is 1. The van der Waals surface area contributed by atoms with Crippen LogP contribution in [0.15, 0.2) is 24.3 Å². The number of hydrogen-bond acceptors (Lipinski definition) is 3. The highest BCUT2D eigenvalue weighted by Gasteiger charge is 2.19. The third-order valence-corrected chi connectivity index (χ3v) is 3.07. The lowest BCUT2D eigenvalue weighted by atomic mass is 9.98. The summed E-state index contributed by atoms with van der Waals surface area (Å²) < 4.78 is 5.10. The maximum absolute atomic E-state index is 11.8. The van der Waals surface area contributed by atoms with Gasteiger partial charge in [0.2, 0.25) is 0 Å². The van der Waals surface area contributed by atoms with Crippen LogP contribution >= 0.6 is 0 Å². The molecule has 0 saturated carbocycles. The first kappa shape index (κ1) is 13.1. The van der Waals surface area contributed by atoms with Crippen molar-refractivity contribution in [1.29, 1.82) is 0 Å². The minimum atomic E-state index is -0.0623. The number of ketones is 1. The molecule has 0 radical (unpaired) electrons. The second kappa shape index (κ2) is 5.10. The van der Waals surface area contributed by atoms with Gasteiger partial charge in [0.15, 0.2) is 12.1 Å². The van der Waals surface area contributed by atoms with E-state index in [1.165, 1.54) is 6.92 Å². The summed E-state index contributed by atoms with van der Waals surface area (Å²) in [5.74, 6) is 0.667. The van der Waals surface area contributed by atoms with Gasteiger partial charge in [-0.1, -0.05) is 12.1 Å². The number of carbonyl (C=O) groups excluding carboxylic acids is 2. The summed E-state index contributed by atoms with van der Waals surface area (Å²) >= 11 is 0. The van der Waals surface area contributed by atoms with Gasteiger partial charge < -0.3 is 9.72 Å². The molecule has 0 fully saturated rings. The first-order valence-electron chi connectivity index (χ1n) is 5.91. The van der Waals surface area contributed by atoms with Crippen molar-refractivity contribution >= 4 is 12.1 Å². The fraction of sp³-hybridized carbons (Fsp3) is 0.200. The van der Waals surface area contributed by atoms with Gasteiger partial charge in [-0.15, -0.1) is 0 Å². The number of aromatic amines is 1. The van der Waals surface area contributed by atoms with Crippen LogP contribution in [0.1, 0.15) is 33.5 Å². The van der Waals surface area contributed by atoms with E-state index in [2.05, 4.69) is 4.98 Å². The van der Waals surface area contributed by atoms with Crippen LogP contribution < -0.4 is 4.74 Å². The molecule has 0 bridgehead atoms. The number of Topliss-reactive ketones (excluding diaryl/α,β-unsaturated/α-hetero) is 1. The Labute approximate surface area is 111 Å².